The molecule has 1 N–H and O–H groups in total. The van der Waals surface area contributed by atoms with Crippen LogP contribution in [-0.4, -0.2) is 44.3 Å². The molecule has 0 amide bonds. The van der Waals surface area contributed by atoms with Gasteiger partial charge in [-0.05, 0) is 44.0 Å². The second-order valence-electron chi connectivity index (χ2n) is 6.95. The van der Waals surface area contributed by atoms with Crippen molar-refractivity contribution in [3.63, 3.8) is 0 Å². The zero-order chi connectivity index (χ0) is 22.1. The molecule has 0 bridgehead atoms. The van der Waals surface area contributed by atoms with Gasteiger partial charge < -0.3 is 4.74 Å². The van der Waals surface area contributed by atoms with Gasteiger partial charge in [-0.2, -0.15) is 15.0 Å². The summed E-state index contributed by atoms with van der Waals surface area (Å²) < 4.78 is 9.13. The number of fused-ring (bicyclic) bond motifs is 2. The average molecular weight is 455 g/mol. The van der Waals surface area contributed by atoms with Gasteiger partial charge in [-0.1, -0.05) is 0 Å². The van der Waals surface area contributed by atoms with Gasteiger partial charge in [0, 0.05) is 24.8 Å². The minimum absolute atomic E-state index is 0.0423. The number of nitrogens with one attached hydrogen (secondary N) is 1. The summed E-state index contributed by atoms with van der Waals surface area (Å²) in [5, 5.41) is -0.0965. The van der Waals surface area contributed by atoms with Crippen LogP contribution >= 0.6 is 23.2 Å². The molecule has 30 heavy (non-hydrogen) atoms. The number of hydrogen-bond acceptors (Lipinski definition) is 8. The Balaban J connectivity index is 0.000000196. The van der Waals surface area contributed by atoms with Gasteiger partial charge in [-0.15, -0.1) is 0 Å². The number of rotatable bonds is 2. The van der Waals surface area contributed by atoms with Gasteiger partial charge in [-0.25, -0.2) is 23.4 Å². The number of aromatic amines is 1. The smallest absolute Gasteiger partial charge is 0.357 e. The first-order valence-electron chi connectivity index (χ1n) is 8.43. The van der Waals surface area contributed by atoms with Gasteiger partial charge in [0.1, 0.15) is 0 Å². The number of halogens is 2. The Labute approximate surface area is 178 Å². The van der Waals surface area contributed by atoms with Crippen LogP contribution in [0.4, 0.5) is 0 Å². The third-order valence-corrected chi connectivity index (χ3v) is 4.00. The lowest BCUT2D eigenvalue weighted by molar-refractivity contribution is -0.156. The number of H-pyrrole nitrogens is 1. The van der Waals surface area contributed by atoms with E-state index in [0.29, 0.717) is 5.78 Å². The molecule has 0 atom stereocenters. The predicted octanol–water partition coefficient (Wildman–Crippen LogP) is 1.16. The molecule has 0 aromatic carbocycles. The van der Waals surface area contributed by atoms with Crippen LogP contribution in [0, 0.1) is 5.41 Å². The van der Waals surface area contributed by atoms with Crippen molar-refractivity contribution in [2.75, 3.05) is 0 Å². The molecule has 0 saturated heterocycles. The highest BCUT2D eigenvalue weighted by molar-refractivity contribution is 6.28. The molecule has 0 radical (unpaired) electrons. The summed E-state index contributed by atoms with van der Waals surface area (Å²) in [6.45, 7) is 5.23. The molecule has 0 spiro atoms. The highest BCUT2D eigenvalue weighted by Gasteiger charge is 2.23. The minimum Gasteiger partial charge on any atom is -0.443 e. The fourth-order valence-corrected chi connectivity index (χ4v) is 2.48. The van der Waals surface area contributed by atoms with Crippen LogP contribution in [0.3, 0.4) is 0 Å². The third-order valence-electron chi connectivity index (χ3n) is 3.65. The number of nitrogens with zero attached hydrogens (tertiary/aromatic N) is 7. The summed E-state index contributed by atoms with van der Waals surface area (Å²) >= 11 is 11.1. The van der Waals surface area contributed by atoms with Crippen molar-refractivity contribution < 1.29 is 9.53 Å². The lowest BCUT2D eigenvalue weighted by atomic mass is 9.98. The number of hydrogen-bond donors (Lipinski definition) is 1. The summed E-state index contributed by atoms with van der Waals surface area (Å²) in [7, 11) is 0. The Morgan fingerprint density at radius 3 is 2.53 bits per heavy atom. The standard InChI is InChI=1S/C11H13ClN4O3.C5H3ClN4O/c1-11(2,3)7(17)19-6-15-4-5-16-9(15)13-8(12)14-10(16)18;6-3-8-4-7-1-2-10(4)5(11)9-3/h4-5H,6H2,1-3H3;1-2H,(H,7,8,9,11). The maximum absolute atomic E-state index is 11.7. The molecule has 158 valence electrons. The zero-order valence-corrected chi connectivity index (χ0v) is 17.5. The van der Waals surface area contributed by atoms with Crippen LogP contribution in [0.5, 0.6) is 0 Å². The summed E-state index contributed by atoms with van der Waals surface area (Å²) in [6.07, 6.45) is 6.04. The van der Waals surface area contributed by atoms with Crippen molar-refractivity contribution in [3.05, 3.63) is 56.3 Å². The number of imidazole rings is 2. The van der Waals surface area contributed by atoms with Crippen molar-refractivity contribution >= 4 is 40.7 Å². The van der Waals surface area contributed by atoms with Crippen molar-refractivity contribution in [3.8, 4) is 0 Å². The van der Waals surface area contributed by atoms with Crippen LogP contribution in [0.25, 0.3) is 11.6 Å². The van der Waals surface area contributed by atoms with Gasteiger partial charge in [0.25, 0.3) is 0 Å². The second-order valence-corrected chi connectivity index (χ2v) is 7.65. The number of esters is 1. The molecule has 12 nitrogen and oxygen atoms in total. The highest BCUT2D eigenvalue weighted by atomic mass is 35.5. The van der Waals surface area contributed by atoms with Crippen molar-refractivity contribution in [1.29, 1.82) is 0 Å². The largest absolute Gasteiger partial charge is 0.443 e. The quantitative estimate of drug-likeness (QED) is 0.444. The average Bonchev–Trinajstić information content (AvgIpc) is 3.26. The van der Waals surface area contributed by atoms with Crippen LogP contribution in [0.1, 0.15) is 20.8 Å². The first kappa shape index (κ1) is 21.5. The number of carbonyl (C=O) groups is 1. The first-order chi connectivity index (χ1) is 14.1. The molecular weight excluding hydrogens is 439 g/mol. The minimum atomic E-state index is -0.591. The van der Waals surface area contributed by atoms with E-state index in [1.54, 1.807) is 27.0 Å². The van der Waals surface area contributed by atoms with E-state index in [-0.39, 0.29) is 34.7 Å². The molecule has 4 aromatic rings. The zero-order valence-electron chi connectivity index (χ0n) is 16.0. The monoisotopic (exact) mass is 454 g/mol. The lowest BCUT2D eigenvalue weighted by Gasteiger charge is -2.16. The first-order valence-corrected chi connectivity index (χ1v) is 9.19. The van der Waals surface area contributed by atoms with Crippen LogP contribution in [-0.2, 0) is 16.3 Å². The Hall–Kier alpha value is -3.25. The Morgan fingerprint density at radius 2 is 1.83 bits per heavy atom. The molecule has 4 rings (SSSR count). The summed E-state index contributed by atoms with van der Waals surface area (Å²) in [6, 6.07) is 0. The fourth-order valence-electron chi connectivity index (χ4n) is 2.17. The summed E-state index contributed by atoms with van der Waals surface area (Å²) in [4.78, 5) is 51.5. The predicted molar refractivity (Wildman–Crippen MR) is 106 cm³/mol. The normalized spacial score (nSPS) is 11.4. The molecule has 4 heterocycles. The van der Waals surface area contributed by atoms with E-state index in [4.69, 9.17) is 27.9 Å². The van der Waals surface area contributed by atoms with E-state index in [9.17, 15) is 14.4 Å². The number of carbonyl (C=O) groups excluding carboxylic acids is 1. The number of ether oxygens (including phenoxy) is 1. The van der Waals surface area contributed by atoms with Crippen molar-refractivity contribution in [2.45, 2.75) is 27.5 Å². The van der Waals surface area contributed by atoms with Gasteiger partial charge in [-0.3, -0.25) is 14.3 Å². The molecule has 0 aliphatic rings. The van der Waals surface area contributed by atoms with E-state index in [1.807, 2.05) is 0 Å². The Morgan fingerprint density at radius 1 is 1.10 bits per heavy atom. The van der Waals surface area contributed by atoms with Crippen molar-refractivity contribution in [2.24, 2.45) is 5.41 Å². The van der Waals surface area contributed by atoms with E-state index in [2.05, 4.69) is 24.9 Å². The van der Waals surface area contributed by atoms with E-state index >= 15 is 0 Å². The molecule has 4 aromatic heterocycles. The highest BCUT2D eigenvalue weighted by Crippen LogP contribution is 2.15. The molecule has 0 aliphatic heterocycles. The maximum atomic E-state index is 11.7. The third kappa shape index (κ3) is 4.66. The second kappa shape index (κ2) is 8.24. The number of aromatic nitrogens is 8. The van der Waals surface area contributed by atoms with Crippen molar-refractivity contribution in [1.82, 2.24) is 38.3 Å². The molecule has 14 heteroatoms. The SMILES string of the molecule is CC(C)(C)C(=O)OCn1ccn2c(=O)nc(Cl)nc12.O=c1[nH]c(Cl)nc2nccn12. The van der Waals surface area contributed by atoms with Crippen LogP contribution in [0.2, 0.25) is 10.6 Å². The lowest BCUT2D eigenvalue weighted by Crippen LogP contribution is -2.24. The molecule has 0 saturated carbocycles. The molecule has 0 unspecified atom stereocenters. The van der Waals surface area contributed by atoms with Crippen LogP contribution < -0.4 is 11.4 Å². The molecule has 0 aliphatic carbocycles. The van der Waals surface area contributed by atoms with Gasteiger partial charge in [0.2, 0.25) is 22.1 Å². The fraction of sp³-hybridized carbons (Fsp3) is 0.312. The summed E-state index contributed by atoms with van der Waals surface area (Å²) in [5.41, 5.74) is -1.46. The Kier molecular flexibility index (Phi) is 5.89. The van der Waals surface area contributed by atoms with Gasteiger partial charge >= 0.3 is 17.3 Å². The van der Waals surface area contributed by atoms with E-state index in [1.165, 1.54) is 32.0 Å². The van der Waals surface area contributed by atoms with Gasteiger partial charge in [0.15, 0.2) is 6.73 Å². The van der Waals surface area contributed by atoms with Gasteiger partial charge in [0.05, 0.1) is 5.41 Å². The molecule has 0 fully saturated rings. The Bertz CT molecular complexity index is 1330. The molecular formula is C16H16Cl2N8O4. The van der Waals surface area contributed by atoms with E-state index in [0.717, 1.165) is 0 Å². The topological polar surface area (TPSA) is 142 Å². The maximum Gasteiger partial charge on any atom is 0.357 e. The summed E-state index contributed by atoms with van der Waals surface area (Å²) in [5.74, 6) is 0.229. The van der Waals surface area contributed by atoms with Crippen LogP contribution in [0.15, 0.2) is 34.4 Å². The van der Waals surface area contributed by atoms with E-state index < -0.39 is 11.1 Å².